The number of hydrogen-bond acceptors (Lipinski definition) is 4. The molecule has 0 spiro atoms. The summed E-state index contributed by atoms with van der Waals surface area (Å²) in [6, 6.07) is 8.41. The minimum absolute atomic E-state index is 0.0420. The van der Waals surface area contributed by atoms with Gasteiger partial charge in [0, 0.05) is 29.7 Å². The van der Waals surface area contributed by atoms with Crippen molar-refractivity contribution < 1.29 is 4.79 Å². The molecule has 4 aliphatic carbocycles. The third-order valence-corrected chi connectivity index (χ3v) is 8.94. The molecule has 1 unspecified atom stereocenters. The van der Waals surface area contributed by atoms with E-state index in [0.29, 0.717) is 0 Å². The fraction of sp³-hybridized carbons (Fsp3) is 0.560. The average molecular weight is 481 g/mol. The first kappa shape index (κ1) is 19.9. The lowest BCUT2D eigenvalue weighted by molar-refractivity contribution is -0.144. The van der Waals surface area contributed by atoms with Crippen LogP contribution in [-0.4, -0.2) is 42.1 Å². The third kappa shape index (κ3) is 3.62. The van der Waals surface area contributed by atoms with Gasteiger partial charge in [-0.25, -0.2) is 4.99 Å². The molecule has 7 rings (SSSR count). The largest absolute Gasteiger partial charge is 0.310 e. The van der Waals surface area contributed by atoms with Gasteiger partial charge in [0.25, 0.3) is 0 Å². The second kappa shape index (κ2) is 7.66. The molecular formula is C25H29BrN4O. The number of rotatable bonds is 3. The Bertz CT molecular complexity index is 962. The van der Waals surface area contributed by atoms with Crippen molar-refractivity contribution >= 4 is 34.0 Å². The fourth-order valence-corrected chi connectivity index (χ4v) is 7.55. The summed E-state index contributed by atoms with van der Waals surface area (Å²) in [5.74, 6) is 3.25. The van der Waals surface area contributed by atoms with Crippen LogP contribution in [0.25, 0.3) is 0 Å². The summed E-state index contributed by atoms with van der Waals surface area (Å²) in [5, 5.41) is 3.27. The van der Waals surface area contributed by atoms with E-state index in [4.69, 9.17) is 0 Å². The molecule has 0 aromatic heterocycles. The first-order valence-corrected chi connectivity index (χ1v) is 12.4. The molecule has 6 aliphatic rings. The van der Waals surface area contributed by atoms with Crippen LogP contribution in [0.3, 0.4) is 0 Å². The molecule has 1 amide bonds. The molecule has 0 saturated heterocycles. The van der Waals surface area contributed by atoms with Gasteiger partial charge in [-0.1, -0.05) is 40.2 Å². The lowest BCUT2D eigenvalue weighted by atomic mass is 9.49. The van der Waals surface area contributed by atoms with Gasteiger partial charge in [0.2, 0.25) is 5.91 Å². The van der Waals surface area contributed by atoms with E-state index in [1.165, 1.54) is 24.8 Å². The summed E-state index contributed by atoms with van der Waals surface area (Å²) in [6.07, 6.45) is 11.1. The van der Waals surface area contributed by atoms with Gasteiger partial charge in [-0.3, -0.25) is 14.7 Å². The van der Waals surface area contributed by atoms with Crippen LogP contribution in [0, 0.1) is 23.2 Å². The zero-order valence-electron chi connectivity index (χ0n) is 17.8. The predicted molar refractivity (Wildman–Crippen MR) is 126 cm³/mol. The maximum atomic E-state index is 13.5. The van der Waals surface area contributed by atoms with E-state index >= 15 is 0 Å². The van der Waals surface area contributed by atoms with Crippen LogP contribution in [0.2, 0.25) is 0 Å². The van der Waals surface area contributed by atoms with Crippen molar-refractivity contribution in [2.45, 2.75) is 51.1 Å². The summed E-state index contributed by atoms with van der Waals surface area (Å²) < 4.78 is 1.14. The van der Waals surface area contributed by atoms with Gasteiger partial charge in [-0.2, -0.15) is 0 Å². The Labute approximate surface area is 192 Å². The van der Waals surface area contributed by atoms with Crippen molar-refractivity contribution in [1.82, 2.24) is 10.2 Å². The Hall–Kier alpha value is -1.79. The molecule has 162 valence electrons. The Morgan fingerprint density at radius 2 is 1.84 bits per heavy atom. The van der Waals surface area contributed by atoms with Gasteiger partial charge >= 0.3 is 0 Å². The summed E-state index contributed by atoms with van der Waals surface area (Å²) in [4.78, 5) is 25.0. The third-order valence-electron chi connectivity index (χ3n) is 8.17. The smallest absolute Gasteiger partial charge is 0.231 e. The minimum atomic E-state index is -0.151. The number of nitrogens with one attached hydrogen (secondary N) is 1. The molecule has 0 radical (unpaired) electrons. The molecule has 6 heteroatoms. The zero-order valence-corrected chi connectivity index (χ0v) is 19.4. The number of carbonyl (C=O) groups is 1. The highest BCUT2D eigenvalue weighted by atomic mass is 79.9. The summed E-state index contributed by atoms with van der Waals surface area (Å²) in [6.45, 7) is 2.56. The van der Waals surface area contributed by atoms with Crippen LogP contribution in [-0.2, 0) is 11.3 Å². The molecule has 1 aromatic carbocycles. The van der Waals surface area contributed by atoms with E-state index in [0.717, 1.165) is 72.5 Å². The summed E-state index contributed by atoms with van der Waals surface area (Å²) >= 11 is 3.66. The molecule has 1 aromatic rings. The van der Waals surface area contributed by atoms with Crippen molar-refractivity contribution in [3.63, 3.8) is 0 Å². The molecule has 2 aliphatic heterocycles. The number of carbonyl (C=O) groups excluding carboxylic acids is 1. The molecule has 2 heterocycles. The van der Waals surface area contributed by atoms with Gasteiger partial charge in [0.05, 0.1) is 11.5 Å². The molecule has 5 nitrogen and oxygen atoms in total. The molecule has 4 saturated carbocycles. The molecule has 4 bridgehead atoms. The summed E-state index contributed by atoms with van der Waals surface area (Å²) in [7, 11) is 0. The summed E-state index contributed by atoms with van der Waals surface area (Å²) in [5.41, 5.74) is 2.22. The molecule has 1 N–H and O–H groups in total. The molecule has 31 heavy (non-hydrogen) atoms. The molecule has 4 fully saturated rings. The number of aliphatic imine (C=N–C) groups is 2. The van der Waals surface area contributed by atoms with Gasteiger partial charge in [0.15, 0.2) is 0 Å². The zero-order chi connectivity index (χ0) is 21.0. The highest BCUT2D eigenvalue weighted by Crippen LogP contribution is 2.60. The highest BCUT2D eigenvalue weighted by molar-refractivity contribution is 9.10. The minimum Gasteiger partial charge on any atom is -0.310 e. The van der Waals surface area contributed by atoms with Gasteiger partial charge in [-0.15, -0.1) is 0 Å². The molecular weight excluding hydrogens is 452 g/mol. The number of benzene rings is 1. The van der Waals surface area contributed by atoms with E-state index < -0.39 is 0 Å². The van der Waals surface area contributed by atoms with E-state index in [2.05, 4.69) is 60.4 Å². The van der Waals surface area contributed by atoms with Crippen LogP contribution in [0.1, 0.15) is 44.1 Å². The van der Waals surface area contributed by atoms with E-state index in [-0.39, 0.29) is 17.4 Å². The van der Waals surface area contributed by atoms with Crippen molar-refractivity contribution in [2.24, 2.45) is 33.2 Å². The second-order valence-electron chi connectivity index (χ2n) is 10.4. The van der Waals surface area contributed by atoms with E-state index in [1.807, 2.05) is 6.07 Å². The molecule has 1 atom stereocenters. The predicted octanol–water partition coefficient (Wildman–Crippen LogP) is 4.33. The number of nitrogens with zero attached hydrogens (tertiary/aromatic N) is 3. The number of fused-ring (bicyclic) bond motifs is 1. The number of amidine groups is 1. The van der Waals surface area contributed by atoms with Crippen LogP contribution in [0.4, 0.5) is 0 Å². The Kier molecular flexibility index (Phi) is 4.91. The van der Waals surface area contributed by atoms with Crippen LogP contribution < -0.4 is 5.32 Å². The van der Waals surface area contributed by atoms with Crippen LogP contribution in [0.15, 0.2) is 50.4 Å². The Balaban J connectivity index is 1.16. The Morgan fingerprint density at radius 3 is 2.55 bits per heavy atom. The van der Waals surface area contributed by atoms with Gasteiger partial charge in [0.1, 0.15) is 12.2 Å². The van der Waals surface area contributed by atoms with Crippen molar-refractivity contribution in [3.05, 3.63) is 46.0 Å². The lowest BCUT2D eigenvalue weighted by Crippen LogP contribution is -2.55. The van der Waals surface area contributed by atoms with Crippen LogP contribution in [0.5, 0.6) is 0 Å². The maximum Gasteiger partial charge on any atom is 0.231 e. The van der Waals surface area contributed by atoms with Gasteiger partial charge in [-0.05, 0) is 67.9 Å². The van der Waals surface area contributed by atoms with Crippen LogP contribution >= 0.6 is 15.9 Å². The first-order chi connectivity index (χ1) is 15.1. The quantitative estimate of drug-likeness (QED) is 0.699. The average Bonchev–Trinajstić information content (AvgIpc) is 2.74. The lowest BCUT2D eigenvalue weighted by Gasteiger charge is -2.55. The normalized spacial score (nSPS) is 36.0. The standard InChI is InChI=1S/C25H29BrN4O/c26-21-4-2-1-3-19(21)13-30-6-5-20-22(14-30)27-15-28-23(20)29-24(31)25-10-16-7-17(11-25)9-18(8-16)12-25/h1-5,15-18,22H,6-14H2,(H,27,28,29,31). The van der Waals surface area contributed by atoms with E-state index in [1.54, 1.807) is 6.34 Å². The SMILES string of the molecule is O=C(NC1=NC=NC2CN(Cc3ccccc3Br)CC=C12)C12CC3CC(CC(C3)C1)C2. The van der Waals surface area contributed by atoms with Crippen molar-refractivity contribution in [3.8, 4) is 0 Å². The number of amides is 1. The second-order valence-corrected chi connectivity index (χ2v) is 11.2. The monoisotopic (exact) mass is 480 g/mol. The highest BCUT2D eigenvalue weighted by Gasteiger charge is 2.54. The fourth-order valence-electron chi connectivity index (χ4n) is 7.14. The Morgan fingerprint density at radius 1 is 1.13 bits per heavy atom. The number of halogens is 1. The van der Waals surface area contributed by atoms with Crippen molar-refractivity contribution in [1.29, 1.82) is 0 Å². The first-order valence-electron chi connectivity index (χ1n) is 11.6. The van der Waals surface area contributed by atoms with Gasteiger partial charge < -0.3 is 5.32 Å². The number of hydrogen-bond donors (Lipinski definition) is 1. The van der Waals surface area contributed by atoms with E-state index in [9.17, 15) is 4.79 Å². The topological polar surface area (TPSA) is 57.1 Å². The maximum absolute atomic E-state index is 13.5. The van der Waals surface area contributed by atoms with Crippen molar-refractivity contribution in [2.75, 3.05) is 13.1 Å².